The molecule has 4 nitrogen and oxygen atoms in total. The van der Waals surface area contributed by atoms with Crippen LogP contribution in [0, 0.1) is 0 Å². The van der Waals surface area contributed by atoms with Crippen LogP contribution in [0.5, 0.6) is 0 Å². The van der Waals surface area contributed by atoms with Crippen molar-refractivity contribution in [2.45, 2.75) is 19.4 Å². The zero-order valence-corrected chi connectivity index (χ0v) is 11.3. The Morgan fingerprint density at radius 3 is 3.00 bits per heavy atom. The van der Waals surface area contributed by atoms with Crippen LogP contribution in [0.25, 0.3) is 0 Å². The number of nitrogens with two attached hydrogens (primary N) is 1. The van der Waals surface area contributed by atoms with Crippen LogP contribution in [-0.4, -0.2) is 25.0 Å². The second-order valence-electron chi connectivity index (χ2n) is 4.11. The second-order valence-corrected chi connectivity index (χ2v) is 5.03. The van der Waals surface area contributed by atoms with E-state index in [0.29, 0.717) is 12.2 Å². The number of hydrogen-bond donors (Lipinski definition) is 2. The van der Waals surface area contributed by atoms with Crippen LogP contribution < -0.4 is 16.0 Å². The highest BCUT2D eigenvalue weighted by Gasteiger charge is 2.29. The highest BCUT2D eigenvalue weighted by atomic mass is 79.9. The summed E-state index contributed by atoms with van der Waals surface area (Å²) in [5.74, 6) is 0.0843. The number of nitrogens with one attached hydrogen (secondary N) is 1. The van der Waals surface area contributed by atoms with Gasteiger partial charge in [0.05, 0.1) is 11.4 Å². The molecule has 1 saturated heterocycles. The standard InChI is InChI=1S/C12H16BrN3O/c1-2-10-12(17)15-5-6-16(10)11-4-3-8(13)7-9(11)14/h3-4,7,10H,2,5-6,14H2,1H3,(H,15,17). The first-order valence-corrected chi connectivity index (χ1v) is 6.52. The first-order chi connectivity index (χ1) is 8.13. The summed E-state index contributed by atoms with van der Waals surface area (Å²) in [5, 5.41) is 2.88. The van der Waals surface area contributed by atoms with E-state index < -0.39 is 0 Å². The van der Waals surface area contributed by atoms with Crippen molar-refractivity contribution in [2.75, 3.05) is 23.7 Å². The lowest BCUT2D eigenvalue weighted by molar-refractivity contribution is -0.123. The van der Waals surface area contributed by atoms with Gasteiger partial charge in [-0.3, -0.25) is 4.79 Å². The first kappa shape index (κ1) is 12.2. The average Bonchev–Trinajstić information content (AvgIpc) is 2.29. The minimum Gasteiger partial charge on any atom is -0.397 e. The van der Waals surface area contributed by atoms with Gasteiger partial charge >= 0.3 is 0 Å². The smallest absolute Gasteiger partial charge is 0.242 e. The van der Waals surface area contributed by atoms with Crippen LogP contribution in [-0.2, 0) is 4.79 Å². The molecule has 92 valence electrons. The number of anilines is 2. The van der Waals surface area contributed by atoms with Gasteiger partial charge in [-0.1, -0.05) is 22.9 Å². The zero-order chi connectivity index (χ0) is 12.4. The fourth-order valence-corrected chi connectivity index (χ4v) is 2.57. The molecule has 1 atom stereocenters. The largest absolute Gasteiger partial charge is 0.397 e. The predicted octanol–water partition coefficient (Wildman–Crippen LogP) is 1.75. The monoisotopic (exact) mass is 297 g/mol. The normalized spacial score (nSPS) is 20.2. The molecule has 0 aromatic heterocycles. The molecule has 1 aliphatic rings. The van der Waals surface area contributed by atoms with Gasteiger partial charge < -0.3 is 16.0 Å². The van der Waals surface area contributed by atoms with E-state index in [-0.39, 0.29) is 11.9 Å². The molecule has 5 heteroatoms. The number of amides is 1. The van der Waals surface area contributed by atoms with Crippen LogP contribution in [0.2, 0.25) is 0 Å². The highest BCUT2D eigenvalue weighted by Crippen LogP contribution is 2.29. The molecule has 0 bridgehead atoms. The van der Waals surface area contributed by atoms with Gasteiger partial charge in [0.15, 0.2) is 0 Å². The topological polar surface area (TPSA) is 58.4 Å². The van der Waals surface area contributed by atoms with Crippen molar-refractivity contribution in [3.8, 4) is 0 Å². The van der Waals surface area contributed by atoms with E-state index in [1.54, 1.807) is 0 Å². The van der Waals surface area contributed by atoms with Crippen LogP contribution in [0.1, 0.15) is 13.3 Å². The summed E-state index contributed by atoms with van der Waals surface area (Å²) in [6.07, 6.45) is 0.779. The quantitative estimate of drug-likeness (QED) is 0.818. The van der Waals surface area contributed by atoms with Crippen LogP contribution in [0.4, 0.5) is 11.4 Å². The second kappa shape index (κ2) is 4.96. The fourth-order valence-electron chi connectivity index (χ4n) is 2.20. The predicted molar refractivity (Wildman–Crippen MR) is 73.0 cm³/mol. The Morgan fingerprint density at radius 2 is 2.35 bits per heavy atom. The van der Waals surface area contributed by atoms with Gasteiger partial charge in [0.25, 0.3) is 0 Å². The number of nitrogens with zero attached hydrogens (tertiary/aromatic N) is 1. The van der Waals surface area contributed by atoms with E-state index >= 15 is 0 Å². The lowest BCUT2D eigenvalue weighted by Gasteiger charge is -2.37. The van der Waals surface area contributed by atoms with Crippen molar-refractivity contribution in [3.05, 3.63) is 22.7 Å². The Morgan fingerprint density at radius 1 is 1.59 bits per heavy atom. The van der Waals surface area contributed by atoms with E-state index in [2.05, 4.69) is 26.1 Å². The minimum absolute atomic E-state index is 0.0843. The first-order valence-electron chi connectivity index (χ1n) is 5.73. The maximum atomic E-state index is 11.8. The summed E-state index contributed by atoms with van der Waals surface area (Å²) in [6, 6.07) is 5.66. The molecule has 1 heterocycles. The number of hydrogen-bond acceptors (Lipinski definition) is 3. The van der Waals surface area contributed by atoms with Crippen molar-refractivity contribution >= 4 is 33.2 Å². The summed E-state index contributed by atoms with van der Waals surface area (Å²) < 4.78 is 0.952. The van der Waals surface area contributed by atoms with Crippen molar-refractivity contribution in [1.29, 1.82) is 0 Å². The maximum absolute atomic E-state index is 11.8. The summed E-state index contributed by atoms with van der Waals surface area (Å²) in [5.41, 5.74) is 7.65. The Hall–Kier alpha value is -1.23. The van der Waals surface area contributed by atoms with Gasteiger partial charge in [-0.25, -0.2) is 0 Å². The Balaban J connectivity index is 2.33. The van der Waals surface area contributed by atoms with E-state index in [9.17, 15) is 4.79 Å². The van der Waals surface area contributed by atoms with Gasteiger partial charge in [-0.05, 0) is 24.6 Å². The summed E-state index contributed by atoms with van der Waals surface area (Å²) >= 11 is 3.39. The molecule has 3 N–H and O–H groups in total. The highest BCUT2D eigenvalue weighted by molar-refractivity contribution is 9.10. The average molecular weight is 298 g/mol. The molecule has 1 amide bonds. The molecular formula is C12H16BrN3O. The molecule has 2 rings (SSSR count). The molecule has 0 saturated carbocycles. The van der Waals surface area contributed by atoms with Gasteiger partial charge in [0.2, 0.25) is 5.91 Å². The van der Waals surface area contributed by atoms with Crippen molar-refractivity contribution in [2.24, 2.45) is 0 Å². The number of carbonyl (C=O) groups excluding carboxylic acids is 1. The van der Waals surface area contributed by atoms with Crippen molar-refractivity contribution in [3.63, 3.8) is 0 Å². The lowest BCUT2D eigenvalue weighted by atomic mass is 10.1. The van der Waals surface area contributed by atoms with Gasteiger partial charge in [-0.15, -0.1) is 0 Å². The number of halogens is 1. The number of rotatable bonds is 2. The van der Waals surface area contributed by atoms with Gasteiger partial charge in [-0.2, -0.15) is 0 Å². The van der Waals surface area contributed by atoms with Crippen LogP contribution in [0.3, 0.4) is 0 Å². The number of carbonyl (C=O) groups is 1. The fraction of sp³-hybridized carbons (Fsp3) is 0.417. The molecule has 1 aliphatic heterocycles. The Labute approximate surface area is 109 Å². The molecular weight excluding hydrogens is 282 g/mol. The van der Waals surface area contributed by atoms with E-state index in [4.69, 9.17) is 5.73 Å². The molecule has 0 radical (unpaired) electrons. The van der Waals surface area contributed by atoms with Crippen molar-refractivity contribution in [1.82, 2.24) is 5.32 Å². The lowest BCUT2D eigenvalue weighted by Crippen LogP contribution is -2.55. The molecule has 1 fully saturated rings. The third-order valence-electron chi connectivity index (χ3n) is 3.02. The van der Waals surface area contributed by atoms with Gasteiger partial charge in [0.1, 0.15) is 6.04 Å². The summed E-state index contributed by atoms with van der Waals surface area (Å²) in [6.45, 7) is 3.48. The maximum Gasteiger partial charge on any atom is 0.242 e. The molecule has 17 heavy (non-hydrogen) atoms. The third-order valence-corrected chi connectivity index (χ3v) is 3.51. The summed E-state index contributed by atoms with van der Waals surface area (Å²) in [4.78, 5) is 13.9. The molecule has 1 aromatic carbocycles. The molecule has 0 spiro atoms. The summed E-state index contributed by atoms with van der Waals surface area (Å²) in [7, 11) is 0. The number of nitrogen functional groups attached to an aromatic ring is 1. The van der Waals surface area contributed by atoms with Crippen LogP contribution >= 0.6 is 15.9 Å². The third kappa shape index (κ3) is 2.39. The van der Waals surface area contributed by atoms with Crippen LogP contribution in [0.15, 0.2) is 22.7 Å². The molecule has 1 aromatic rings. The van der Waals surface area contributed by atoms with Crippen molar-refractivity contribution < 1.29 is 4.79 Å². The molecule has 1 unspecified atom stereocenters. The van der Waals surface area contributed by atoms with E-state index in [1.807, 2.05) is 25.1 Å². The SMILES string of the molecule is CCC1C(=O)NCCN1c1ccc(Br)cc1N. The number of benzene rings is 1. The van der Waals surface area contributed by atoms with Gasteiger partial charge in [0, 0.05) is 17.6 Å². The Bertz CT molecular complexity index is 436. The Kier molecular flexibility index (Phi) is 3.57. The zero-order valence-electron chi connectivity index (χ0n) is 9.74. The van der Waals surface area contributed by atoms with E-state index in [1.165, 1.54) is 0 Å². The minimum atomic E-state index is -0.118. The van der Waals surface area contributed by atoms with E-state index in [0.717, 1.165) is 23.1 Å². The number of piperazine rings is 1. The molecule has 0 aliphatic carbocycles.